The number of nitrogens with zero attached hydrogens (tertiary/aromatic N) is 1. The van der Waals surface area contributed by atoms with Gasteiger partial charge in [0.2, 0.25) is 11.8 Å². The zero-order valence-electron chi connectivity index (χ0n) is 12.2. The van der Waals surface area contributed by atoms with Crippen molar-refractivity contribution in [3.05, 3.63) is 23.8 Å². The number of fused-ring (bicyclic) bond motifs is 2. The molecule has 21 heavy (non-hydrogen) atoms. The lowest BCUT2D eigenvalue weighted by atomic mass is 9.96. The van der Waals surface area contributed by atoms with Crippen molar-refractivity contribution in [2.45, 2.75) is 32.7 Å². The molecule has 5 nitrogen and oxygen atoms in total. The van der Waals surface area contributed by atoms with Crippen LogP contribution < -0.4 is 15.4 Å². The molecule has 1 aliphatic carbocycles. The Labute approximate surface area is 124 Å². The van der Waals surface area contributed by atoms with Gasteiger partial charge in [0.05, 0.1) is 12.3 Å². The maximum absolute atomic E-state index is 12.4. The normalized spacial score (nSPS) is 24.6. The maximum atomic E-state index is 12.4. The van der Waals surface area contributed by atoms with Crippen molar-refractivity contribution in [1.29, 1.82) is 0 Å². The highest BCUT2D eigenvalue weighted by Gasteiger charge is 2.45. The van der Waals surface area contributed by atoms with Crippen LogP contribution in [0.2, 0.25) is 0 Å². The van der Waals surface area contributed by atoms with Crippen LogP contribution in [0.25, 0.3) is 0 Å². The van der Waals surface area contributed by atoms with Crippen molar-refractivity contribution in [2.24, 2.45) is 17.6 Å². The van der Waals surface area contributed by atoms with E-state index >= 15 is 0 Å². The largest absolute Gasteiger partial charge is 0.494 e. The lowest BCUT2D eigenvalue weighted by Crippen LogP contribution is -2.46. The summed E-state index contributed by atoms with van der Waals surface area (Å²) in [5.41, 5.74) is 7.18. The Morgan fingerprint density at radius 3 is 2.48 bits per heavy atom. The van der Waals surface area contributed by atoms with Gasteiger partial charge in [0.1, 0.15) is 5.75 Å². The topological polar surface area (TPSA) is 72.6 Å². The molecule has 0 spiro atoms. The highest BCUT2D eigenvalue weighted by Crippen LogP contribution is 2.40. The third-order valence-electron chi connectivity index (χ3n) is 4.39. The highest BCUT2D eigenvalue weighted by atomic mass is 16.5. The van der Waals surface area contributed by atoms with Gasteiger partial charge >= 0.3 is 0 Å². The first kappa shape index (κ1) is 14.1. The average molecular weight is 288 g/mol. The minimum absolute atomic E-state index is 0.000551. The van der Waals surface area contributed by atoms with Crippen LogP contribution in [0.5, 0.6) is 5.75 Å². The van der Waals surface area contributed by atoms with Crippen LogP contribution in [0.3, 0.4) is 0 Å². The van der Waals surface area contributed by atoms with Crippen molar-refractivity contribution in [2.75, 3.05) is 11.5 Å². The van der Waals surface area contributed by atoms with E-state index < -0.39 is 0 Å². The molecule has 1 heterocycles. The summed E-state index contributed by atoms with van der Waals surface area (Å²) in [6.45, 7) is 2.77. The van der Waals surface area contributed by atoms with Gasteiger partial charge in [-0.2, -0.15) is 0 Å². The zero-order valence-corrected chi connectivity index (χ0v) is 12.2. The maximum Gasteiger partial charge on any atom is 0.236 e. The first-order valence-electron chi connectivity index (χ1n) is 7.49. The van der Waals surface area contributed by atoms with Gasteiger partial charge in [0.15, 0.2) is 0 Å². The molecular weight excluding hydrogens is 268 g/mol. The molecule has 2 amide bonds. The molecule has 2 unspecified atom stereocenters. The van der Waals surface area contributed by atoms with Crippen molar-refractivity contribution in [3.8, 4) is 5.75 Å². The predicted molar refractivity (Wildman–Crippen MR) is 78.8 cm³/mol. The monoisotopic (exact) mass is 288 g/mol. The zero-order chi connectivity index (χ0) is 15.0. The van der Waals surface area contributed by atoms with Gasteiger partial charge in [-0.1, -0.05) is 0 Å². The Balaban J connectivity index is 1.96. The Hall–Kier alpha value is -1.88. The third-order valence-corrected chi connectivity index (χ3v) is 4.39. The summed E-state index contributed by atoms with van der Waals surface area (Å²) in [5.74, 6) is 0.576. The molecule has 1 saturated heterocycles. The number of anilines is 1. The van der Waals surface area contributed by atoms with Crippen molar-refractivity contribution >= 4 is 17.5 Å². The summed E-state index contributed by atoms with van der Waals surface area (Å²) < 4.78 is 5.51. The molecule has 2 fully saturated rings. The number of hydrogen-bond donors (Lipinski definition) is 1. The Morgan fingerprint density at radius 1 is 1.24 bits per heavy atom. The molecule has 2 aliphatic rings. The minimum atomic E-state index is -0.0686. The number of hydrogen-bond acceptors (Lipinski definition) is 4. The van der Waals surface area contributed by atoms with E-state index in [-0.39, 0.29) is 23.7 Å². The Bertz CT molecular complexity index is 563. The van der Waals surface area contributed by atoms with E-state index in [9.17, 15) is 9.59 Å². The second-order valence-corrected chi connectivity index (χ2v) is 5.65. The van der Waals surface area contributed by atoms with Gasteiger partial charge in [-0.05, 0) is 44.4 Å². The van der Waals surface area contributed by atoms with Crippen LogP contribution in [-0.4, -0.2) is 18.4 Å². The van der Waals surface area contributed by atoms with Gasteiger partial charge in [-0.25, -0.2) is 0 Å². The number of piperidine rings is 1. The fraction of sp³-hybridized carbons (Fsp3) is 0.500. The van der Waals surface area contributed by atoms with Gasteiger partial charge in [-0.3, -0.25) is 14.5 Å². The smallest absolute Gasteiger partial charge is 0.236 e. The van der Waals surface area contributed by atoms with E-state index in [1.165, 1.54) is 4.90 Å². The van der Waals surface area contributed by atoms with Gasteiger partial charge in [-0.15, -0.1) is 0 Å². The summed E-state index contributed by atoms with van der Waals surface area (Å²) in [4.78, 5) is 26.2. The number of imide groups is 1. The summed E-state index contributed by atoms with van der Waals surface area (Å²) >= 11 is 0. The SMILES string of the molecule is CCOc1ccc(N2C(=O)C3CCC(C3)C2=O)cc1CN. The molecule has 1 aromatic carbocycles. The quantitative estimate of drug-likeness (QED) is 0.858. The number of rotatable bonds is 4. The number of ether oxygens (including phenoxy) is 1. The minimum Gasteiger partial charge on any atom is -0.494 e. The molecule has 2 bridgehead atoms. The fourth-order valence-electron chi connectivity index (χ4n) is 3.32. The first-order valence-corrected chi connectivity index (χ1v) is 7.49. The molecule has 1 aromatic rings. The number of nitrogens with two attached hydrogens (primary N) is 1. The van der Waals surface area contributed by atoms with E-state index in [2.05, 4.69) is 0 Å². The van der Waals surface area contributed by atoms with Crippen LogP contribution in [0.15, 0.2) is 18.2 Å². The number of carbonyl (C=O) groups excluding carboxylic acids is 2. The second kappa shape index (κ2) is 5.48. The van der Waals surface area contributed by atoms with Crippen molar-refractivity contribution in [1.82, 2.24) is 0 Å². The van der Waals surface area contributed by atoms with Crippen LogP contribution in [0.4, 0.5) is 5.69 Å². The molecule has 2 atom stereocenters. The number of benzene rings is 1. The standard InChI is InChI=1S/C16H20N2O3/c1-2-21-14-6-5-13(8-12(14)9-17)18-15(19)10-3-4-11(7-10)16(18)20/h5-6,8,10-11H,2-4,7,9,17H2,1H3. The molecule has 3 rings (SSSR count). The van der Waals surface area contributed by atoms with Crippen LogP contribution in [0, 0.1) is 11.8 Å². The summed E-state index contributed by atoms with van der Waals surface area (Å²) in [7, 11) is 0. The van der Waals surface area contributed by atoms with E-state index in [0.717, 1.165) is 24.8 Å². The molecule has 2 N–H and O–H groups in total. The summed E-state index contributed by atoms with van der Waals surface area (Å²) in [5, 5.41) is 0. The fourth-order valence-corrected chi connectivity index (χ4v) is 3.32. The lowest BCUT2D eigenvalue weighted by molar-refractivity contribution is -0.132. The van der Waals surface area contributed by atoms with Gasteiger partial charge in [0.25, 0.3) is 0 Å². The van der Waals surface area contributed by atoms with Crippen LogP contribution in [-0.2, 0) is 16.1 Å². The van der Waals surface area contributed by atoms with E-state index in [1.807, 2.05) is 6.92 Å². The number of carbonyl (C=O) groups is 2. The summed E-state index contributed by atoms with van der Waals surface area (Å²) in [6.07, 6.45) is 2.37. The molecular formula is C16H20N2O3. The van der Waals surface area contributed by atoms with E-state index in [1.54, 1.807) is 18.2 Å². The van der Waals surface area contributed by atoms with E-state index in [4.69, 9.17) is 10.5 Å². The van der Waals surface area contributed by atoms with Crippen molar-refractivity contribution in [3.63, 3.8) is 0 Å². The molecule has 1 saturated carbocycles. The van der Waals surface area contributed by atoms with Gasteiger partial charge in [0, 0.05) is 23.9 Å². The third kappa shape index (κ3) is 2.31. The Morgan fingerprint density at radius 2 is 1.90 bits per heavy atom. The van der Waals surface area contributed by atoms with Crippen LogP contribution >= 0.6 is 0 Å². The predicted octanol–water partition coefficient (Wildman–Crippen LogP) is 1.83. The number of amides is 2. The average Bonchev–Trinajstić information content (AvgIpc) is 2.94. The Kier molecular flexibility index (Phi) is 3.68. The van der Waals surface area contributed by atoms with Crippen molar-refractivity contribution < 1.29 is 14.3 Å². The molecule has 112 valence electrons. The lowest BCUT2D eigenvalue weighted by Gasteiger charge is -2.30. The highest BCUT2D eigenvalue weighted by molar-refractivity contribution is 6.18. The molecule has 1 aliphatic heterocycles. The van der Waals surface area contributed by atoms with E-state index in [0.29, 0.717) is 24.6 Å². The second-order valence-electron chi connectivity index (χ2n) is 5.65. The molecule has 5 heteroatoms. The van der Waals surface area contributed by atoms with Gasteiger partial charge < -0.3 is 10.5 Å². The van der Waals surface area contributed by atoms with Crippen LogP contribution in [0.1, 0.15) is 31.7 Å². The summed E-state index contributed by atoms with van der Waals surface area (Å²) in [6, 6.07) is 5.36. The first-order chi connectivity index (χ1) is 10.2. The molecule has 0 radical (unpaired) electrons. The molecule has 0 aromatic heterocycles.